The number of ether oxygens (including phenoxy) is 1. The van der Waals surface area contributed by atoms with Crippen molar-refractivity contribution in [2.24, 2.45) is 0 Å². The number of hydrogen-bond donors (Lipinski definition) is 1. The minimum absolute atomic E-state index is 0.0137. The fraction of sp³-hybridized carbons (Fsp3) is 0.292. The summed E-state index contributed by atoms with van der Waals surface area (Å²) in [5.41, 5.74) is 2.28. The molecule has 0 bridgehead atoms. The predicted molar refractivity (Wildman–Crippen MR) is 114 cm³/mol. The number of carbonyl (C=O) groups is 1. The maximum absolute atomic E-state index is 12.7. The van der Waals surface area contributed by atoms with Crippen LogP contribution in [-0.2, 0) is 11.3 Å². The highest BCUT2D eigenvalue weighted by molar-refractivity contribution is 5.84. The molecule has 0 saturated carbocycles. The minimum atomic E-state index is -0.224. The number of fused-ring (bicyclic) bond motifs is 1. The first kappa shape index (κ1) is 19.9. The standard InChI is InChI=1S/C24H28N2O2/c1-17(20-8-6-5-7-9-20)25-24(27)18(2)26(3)16-19-10-11-22-15-23(28-4)13-12-21(22)14-19/h5-15,17-18H,16H2,1-4H3,(H,25,27)/t17-,18+/m0/s1. The number of carbonyl (C=O) groups excluding carboxylic acids is 1. The molecular weight excluding hydrogens is 348 g/mol. The van der Waals surface area contributed by atoms with Crippen LogP contribution in [0.15, 0.2) is 66.7 Å². The summed E-state index contributed by atoms with van der Waals surface area (Å²) in [5.74, 6) is 0.888. The van der Waals surface area contributed by atoms with Gasteiger partial charge in [0.15, 0.2) is 0 Å². The summed E-state index contributed by atoms with van der Waals surface area (Å²) in [4.78, 5) is 14.7. The van der Waals surface area contributed by atoms with Crippen molar-refractivity contribution in [1.82, 2.24) is 10.2 Å². The summed E-state index contributed by atoms with van der Waals surface area (Å²) in [5, 5.41) is 5.42. The van der Waals surface area contributed by atoms with Crippen LogP contribution in [0, 0.1) is 0 Å². The van der Waals surface area contributed by atoms with Gasteiger partial charge in [-0.1, -0.05) is 48.5 Å². The molecule has 4 heteroatoms. The van der Waals surface area contributed by atoms with E-state index in [-0.39, 0.29) is 18.0 Å². The average Bonchev–Trinajstić information content (AvgIpc) is 2.73. The van der Waals surface area contributed by atoms with Crippen molar-refractivity contribution < 1.29 is 9.53 Å². The lowest BCUT2D eigenvalue weighted by Crippen LogP contribution is -2.43. The molecule has 0 fully saturated rings. The van der Waals surface area contributed by atoms with Gasteiger partial charge in [0.1, 0.15) is 5.75 Å². The van der Waals surface area contributed by atoms with E-state index in [1.54, 1.807) is 7.11 Å². The van der Waals surface area contributed by atoms with E-state index in [2.05, 4.69) is 34.5 Å². The molecule has 2 atom stereocenters. The van der Waals surface area contributed by atoms with Crippen molar-refractivity contribution in [3.05, 3.63) is 77.9 Å². The fourth-order valence-electron chi connectivity index (χ4n) is 3.28. The molecule has 3 rings (SSSR count). The quantitative estimate of drug-likeness (QED) is 0.658. The third-order valence-electron chi connectivity index (χ3n) is 5.24. The summed E-state index contributed by atoms with van der Waals surface area (Å²) < 4.78 is 5.29. The lowest BCUT2D eigenvalue weighted by atomic mass is 10.1. The zero-order valence-corrected chi connectivity index (χ0v) is 17.0. The maximum atomic E-state index is 12.7. The zero-order valence-electron chi connectivity index (χ0n) is 17.0. The molecule has 0 aliphatic heterocycles. The molecule has 0 heterocycles. The number of nitrogens with zero attached hydrogens (tertiary/aromatic N) is 1. The molecule has 1 N–H and O–H groups in total. The van der Waals surface area contributed by atoms with E-state index < -0.39 is 0 Å². The molecule has 0 unspecified atom stereocenters. The third kappa shape index (κ3) is 4.70. The van der Waals surface area contributed by atoms with Crippen molar-refractivity contribution >= 4 is 16.7 Å². The van der Waals surface area contributed by atoms with Crippen molar-refractivity contribution in [2.75, 3.05) is 14.2 Å². The normalized spacial score (nSPS) is 13.3. The Hall–Kier alpha value is -2.85. The minimum Gasteiger partial charge on any atom is -0.497 e. The molecule has 1 amide bonds. The van der Waals surface area contributed by atoms with Crippen LogP contribution in [-0.4, -0.2) is 31.0 Å². The monoisotopic (exact) mass is 376 g/mol. The first-order valence-electron chi connectivity index (χ1n) is 9.60. The van der Waals surface area contributed by atoms with Gasteiger partial charge in [0, 0.05) is 6.54 Å². The Bertz CT molecular complexity index is 940. The van der Waals surface area contributed by atoms with Crippen LogP contribution in [0.5, 0.6) is 5.75 Å². The van der Waals surface area contributed by atoms with Gasteiger partial charge in [0.25, 0.3) is 0 Å². The van der Waals surface area contributed by atoms with Gasteiger partial charge in [-0.2, -0.15) is 0 Å². The van der Waals surface area contributed by atoms with Crippen LogP contribution in [0.25, 0.3) is 10.8 Å². The predicted octanol–water partition coefficient (Wildman–Crippen LogP) is 4.55. The fourth-order valence-corrected chi connectivity index (χ4v) is 3.28. The molecule has 0 saturated heterocycles. The van der Waals surface area contributed by atoms with E-state index in [0.717, 1.165) is 16.7 Å². The van der Waals surface area contributed by atoms with Crippen LogP contribution < -0.4 is 10.1 Å². The van der Waals surface area contributed by atoms with E-state index in [1.165, 1.54) is 10.9 Å². The Morgan fingerprint density at radius 3 is 2.39 bits per heavy atom. The van der Waals surface area contributed by atoms with E-state index in [4.69, 9.17) is 4.74 Å². The Morgan fingerprint density at radius 2 is 1.68 bits per heavy atom. The Kier molecular flexibility index (Phi) is 6.32. The second-order valence-electron chi connectivity index (χ2n) is 7.28. The smallest absolute Gasteiger partial charge is 0.237 e. The molecule has 4 nitrogen and oxygen atoms in total. The molecule has 146 valence electrons. The first-order valence-corrected chi connectivity index (χ1v) is 9.60. The van der Waals surface area contributed by atoms with Crippen LogP contribution in [0.1, 0.15) is 31.0 Å². The van der Waals surface area contributed by atoms with E-state index >= 15 is 0 Å². The SMILES string of the molecule is COc1ccc2cc(CN(C)[C@H](C)C(=O)N[C@@H](C)c3ccccc3)ccc2c1. The topological polar surface area (TPSA) is 41.6 Å². The molecule has 0 radical (unpaired) electrons. The van der Waals surface area contributed by atoms with Crippen molar-refractivity contribution in [1.29, 1.82) is 0 Å². The molecule has 28 heavy (non-hydrogen) atoms. The number of nitrogens with one attached hydrogen (secondary N) is 1. The molecule has 3 aromatic carbocycles. The van der Waals surface area contributed by atoms with Crippen molar-refractivity contribution in [3.63, 3.8) is 0 Å². The van der Waals surface area contributed by atoms with Gasteiger partial charge in [-0.15, -0.1) is 0 Å². The Morgan fingerprint density at radius 1 is 1.00 bits per heavy atom. The highest BCUT2D eigenvalue weighted by Gasteiger charge is 2.20. The van der Waals surface area contributed by atoms with Gasteiger partial charge in [-0.05, 0) is 61.0 Å². The van der Waals surface area contributed by atoms with Crippen LogP contribution in [0.4, 0.5) is 0 Å². The molecule has 0 aromatic heterocycles. The summed E-state index contributed by atoms with van der Waals surface area (Å²) in [6, 6.07) is 22.2. The third-order valence-corrected chi connectivity index (χ3v) is 5.24. The highest BCUT2D eigenvalue weighted by Crippen LogP contribution is 2.22. The number of hydrogen-bond acceptors (Lipinski definition) is 3. The first-order chi connectivity index (χ1) is 13.5. The average molecular weight is 377 g/mol. The Balaban J connectivity index is 1.63. The highest BCUT2D eigenvalue weighted by atomic mass is 16.5. The van der Waals surface area contributed by atoms with Gasteiger partial charge in [0.2, 0.25) is 5.91 Å². The largest absolute Gasteiger partial charge is 0.497 e. The number of likely N-dealkylation sites (N-methyl/N-ethyl adjacent to an activating group) is 1. The van der Waals surface area contributed by atoms with E-state index in [1.807, 2.05) is 63.4 Å². The van der Waals surface area contributed by atoms with Crippen molar-refractivity contribution in [3.8, 4) is 5.75 Å². The van der Waals surface area contributed by atoms with Crippen LogP contribution >= 0.6 is 0 Å². The number of amides is 1. The Labute approximate surface area is 167 Å². The number of methoxy groups -OCH3 is 1. The summed E-state index contributed by atoms with van der Waals surface area (Å²) in [7, 11) is 3.66. The lowest BCUT2D eigenvalue weighted by molar-refractivity contribution is -0.126. The number of rotatable bonds is 7. The zero-order chi connectivity index (χ0) is 20.1. The summed E-state index contributed by atoms with van der Waals surface area (Å²) >= 11 is 0. The number of benzene rings is 3. The van der Waals surface area contributed by atoms with Crippen LogP contribution in [0.2, 0.25) is 0 Å². The van der Waals surface area contributed by atoms with Gasteiger partial charge in [-0.3, -0.25) is 9.69 Å². The lowest BCUT2D eigenvalue weighted by Gasteiger charge is -2.26. The van der Waals surface area contributed by atoms with E-state index in [9.17, 15) is 4.79 Å². The van der Waals surface area contributed by atoms with E-state index in [0.29, 0.717) is 6.54 Å². The van der Waals surface area contributed by atoms with Gasteiger partial charge in [-0.25, -0.2) is 0 Å². The molecule has 0 aliphatic rings. The summed E-state index contributed by atoms with van der Waals surface area (Å²) in [6.07, 6.45) is 0. The second-order valence-corrected chi connectivity index (χ2v) is 7.28. The van der Waals surface area contributed by atoms with Gasteiger partial charge in [0.05, 0.1) is 19.2 Å². The second kappa shape index (κ2) is 8.89. The van der Waals surface area contributed by atoms with Gasteiger partial charge < -0.3 is 10.1 Å². The molecule has 0 aliphatic carbocycles. The molecule has 0 spiro atoms. The molecule has 3 aromatic rings. The summed E-state index contributed by atoms with van der Waals surface area (Å²) in [6.45, 7) is 4.66. The van der Waals surface area contributed by atoms with Crippen molar-refractivity contribution in [2.45, 2.75) is 32.5 Å². The molecular formula is C24H28N2O2. The van der Waals surface area contributed by atoms with Gasteiger partial charge >= 0.3 is 0 Å². The maximum Gasteiger partial charge on any atom is 0.237 e. The van der Waals surface area contributed by atoms with Crippen LogP contribution in [0.3, 0.4) is 0 Å².